The third kappa shape index (κ3) is 46.9. The molecule has 0 aromatic rings. The van der Waals surface area contributed by atoms with Gasteiger partial charge in [0.2, 0.25) is 0 Å². The maximum absolute atomic E-state index is 6.92. The van der Waals surface area contributed by atoms with Gasteiger partial charge in [-0.15, -0.1) is 0 Å². The highest BCUT2D eigenvalue weighted by molar-refractivity contribution is 6.90. The zero-order chi connectivity index (χ0) is 45.6. The van der Waals surface area contributed by atoms with E-state index in [1.165, 1.54) is 25.7 Å². The number of rotatable bonds is 48. The minimum Gasteiger partial charge on any atom is -0.437 e. The molecule has 0 rings (SSSR count). The van der Waals surface area contributed by atoms with Crippen molar-refractivity contribution < 1.29 is 59.1 Å². The zero-order valence-electron chi connectivity index (χ0n) is 41.7. The van der Waals surface area contributed by atoms with Crippen molar-refractivity contribution in [2.24, 2.45) is 0 Å². The lowest BCUT2D eigenvalue weighted by molar-refractivity contribution is 0.0388. The molecular formula is C43H98O13Si5. The van der Waals surface area contributed by atoms with Crippen LogP contribution in [-0.4, -0.2) is 162 Å². The van der Waals surface area contributed by atoms with E-state index in [1.807, 2.05) is 0 Å². The first-order valence-corrected chi connectivity index (χ1v) is 38.8. The van der Waals surface area contributed by atoms with Gasteiger partial charge in [-0.1, -0.05) is 32.1 Å². The molecular weight excluding hydrogens is 865 g/mol. The Hall–Kier alpha value is 0.564. The maximum atomic E-state index is 6.92. The van der Waals surface area contributed by atoms with Gasteiger partial charge in [-0.2, -0.15) is 0 Å². The molecule has 0 aliphatic rings. The van der Waals surface area contributed by atoms with Crippen molar-refractivity contribution in [1.29, 1.82) is 0 Å². The van der Waals surface area contributed by atoms with Crippen LogP contribution in [-0.2, 0) is 59.1 Å². The zero-order valence-corrected chi connectivity index (χ0v) is 46.7. The summed E-state index contributed by atoms with van der Waals surface area (Å²) in [7, 11) is -8.90. The van der Waals surface area contributed by atoms with Gasteiger partial charge in [0.1, 0.15) is 0 Å². The number of ether oxygens (including phenoxy) is 9. The van der Waals surface area contributed by atoms with E-state index in [4.69, 9.17) is 59.1 Å². The fourth-order valence-electron chi connectivity index (χ4n) is 6.84. The van der Waals surface area contributed by atoms with Crippen LogP contribution >= 0.6 is 0 Å². The van der Waals surface area contributed by atoms with Gasteiger partial charge in [-0.3, -0.25) is 0 Å². The van der Waals surface area contributed by atoms with E-state index >= 15 is 0 Å². The quantitative estimate of drug-likeness (QED) is 0.0426. The Balaban J connectivity index is 3.59. The topological polar surface area (TPSA) is 120 Å². The molecule has 0 amide bonds. The third-order valence-electron chi connectivity index (χ3n) is 8.67. The predicted molar refractivity (Wildman–Crippen MR) is 261 cm³/mol. The molecule has 0 atom stereocenters. The summed E-state index contributed by atoms with van der Waals surface area (Å²) in [5.74, 6) is 0. The van der Waals surface area contributed by atoms with Crippen LogP contribution in [0.5, 0.6) is 0 Å². The molecule has 0 saturated heterocycles. The summed E-state index contributed by atoms with van der Waals surface area (Å²) in [5, 5.41) is 0. The Morgan fingerprint density at radius 1 is 0.246 bits per heavy atom. The molecule has 13 nitrogen and oxygen atoms in total. The largest absolute Gasteiger partial charge is 0.437 e. The lowest BCUT2D eigenvalue weighted by Crippen LogP contribution is -2.59. The molecule has 0 aliphatic carbocycles. The van der Waals surface area contributed by atoms with Gasteiger partial charge in [-0.25, -0.2) is 0 Å². The van der Waals surface area contributed by atoms with Crippen molar-refractivity contribution in [3.8, 4) is 0 Å². The van der Waals surface area contributed by atoms with Crippen molar-refractivity contribution in [3.63, 3.8) is 0 Å². The molecule has 0 unspecified atom stereocenters. The van der Waals surface area contributed by atoms with Gasteiger partial charge < -0.3 is 59.1 Å². The van der Waals surface area contributed by atoms with Gasteiger partial charge >= 0.3 is 25.7 Å². The van der Waals surface area contributed by atoms with Crippen molar-refractivity contribution in [2.45, 2.75) is 162 Å². The highest BCUT2D eigenvalue weighted by Gasteiger charge is 2.46. The Labute approximate surface area is 380 Å². The molecule has 0 fully saturated rings. The van der Waals surface area contributed by atoms with Crippen LogP contribution in [0.15, 0.2) is 0 Å². The van der Waals surface area contributed by atoms with Crippen molar-refractivity contribution in [2.75, 3.05) is 119 Å². The van der Waals surface area contributed by atoms with Gasteiger partial charge in [0.25, 0.3) is 0 Å². The van der Waals surface area contributed by atoms with Crippen LogP contribution in [0.4, 0.5) is 0 Å². The molecule has 368 valence electrons. The van der Waals surface area contributed by atoms with Gasteiger partial charge in [0, 0.05) is 106 Å². The summed E-state index contributed by atoms with van der Waals surface area (Å²) in [6.45, 7) is 36.7. The molecule has 0 N–H and O–H groups in total. The number of hydrogen-bond donors (Lipinski definition) is 0. The fourth-order valence-corrected chi connectivity index (χ4v) is 30.3. The smallest absolute Gasteiger partial charge is 0.317 e. The molecule has 61 heavy (non-hydrogen) atoms. The summed E-state index contributed by atoms with van der Waals surface area (Å²) in [6, 6.07) is 0.987. The van der Waals surface area contributed by atoms with Crippen molar-refractivity contribution in [3.05, 3.63) is 0 Å². The van der Waals surface area contributed by atoms with Crippen LogP contribution in [0.2, 0.25) is 78.1 Å². The first-order valence-electron chi connectivity index (χ1n) is 23.8. The average Bonchev–Trinajstić information content (AvgIpc) is 3.13. The van der Waals surface area contributed by atoms with Crippen molar-refractivity contribution in [1.82, 2.24) is 0 Å². The summed E-state index contributed by atoms with van der Waals surface area (Å²) in [4.78, 5) is 0. The van der Waals surface area contributed by atoms with Crippen LogP contribution in [0, 0.1) is 0 Å². The molecule has 0 aliphatic heterocycles. The lowest BCUT2D eigenvalue weighted by atomic mass is 10.1. The predicted octanol–water partition coefficient (Wildman–Crippen LogP) is 10.0. The van der Waals surface area contributed by atoms with E-state index in [0.29, 0.717) is 52.9 Å². The molecule has 0 saturated carbocycles. The number of unbranched alkanes of at least 4 members (excludes halogenated alkanes) is 5. The SMILES string of the molecule is COCCOCCCOCCCOCCCOCCCOCCCOCCCOCCCOCCCCCCCC[Si](C)(O[Si](C)(C)O[Si](C)(C)C)O[Si](C)(C)O[Si](C)(C)C. The van der Waals surface area contributed by atoms with E-state index in [1.54, 1.807) is 7.11 Å². The minimum absolute atomic E-state index is 0.637. The number of methoxy groups -OCH3 is 1. The van der Waals surface area contributed by atoms with Crippen molar-refractivity contribution >= 4 is 42.3 Å². The number of hydrogen-bond acceptors (Lipinski definition) is 13. The van der Waals surface area contributed by atoms with Gasteiger partial charge in [-0.05, 0) is 129 Å². The summed E-state index contributed by atoms with van der Waals surface area (Å²) in [5.41, 5.74) is 0. The van der Waals surface area contributed by atoms with Crippen LogP contribution in [0.3, 0.4) is 0 Å². The Bertz CT molecular complexity index is 929. The normalized spacial score (nSPS) is 13.2. The van der Waals surface area contributed by atoms with E-state index in [9.17, 15) is 0 Å². The Kier molecular flexibility index (Phi) is 39.0. The van der Waals surface area contributed by atoms with E-state index in [0.717, 1.165) is 123 Å². The van der Waals surface area contributed by atoms with E-state index in [-0.39, 0.29) is 0 Å². The highest BCUT2D eigenvalue weighted by Crippen LogP contribution is 2.30. The first-order chi connectivity index (χ1) is 28.9. The Morgan fingerprint density at radius 3 is 0.770 bits per heavy atom. The van der Waals surface area contributed by atoms with Crippen LogP contribution in [0.1, 0.15) is 83.5 Å². The third-order valence-corrected chi connectivity index (χ3v) is 26.2. The minimum atomic E-state index is -2.48. The van der Waals surface area contributed by atoms with Gasteiger partial charge in [0.15, 0.2) is 16.6 Å². The standard InChI is InChI=1S/C43H98O13Si5/c1-44-41-42-52-40-25-39-51-38-24-37-50-36-23-35-49-34-22-33-48-32-21-31-47-30-20-29-46-28-19-27-45-26-17-15-13-14-16-18-43-61(12,55-59(8,9)53-57(2,3)4)56-60(10,11)54-58(5,6)7/h13-43H2,1-12H3. The molecule has 0 heterocycles. The monoisotopic (exact) mass is 963 g/mol. The molecule has 0 spiro atoms. The molecule has 0 aromatic heterocycles. The molecule has 0 aromatic carbocycles. The highest BCUT2D eigenvalue weighted by atomic mass is 28.5. The fraction of sp³-hybridized carbons (Fsp3) is 1.00. The maximum Gasteiger partial charge on any atom is 0.317 e. The molecule has 0 bridgehead atoms. The summed E-state index contributed by atoms with van der Waals surface area (Å²) >= 11 is 0. The van der Waals surface area contributed by atoms with Crippen LogP contribution < -0.4 is 0 Å². The van der Waals surface area contributed by atoms with Gasteiger partial charge in [0.05, 0.1) is 13.2 Å². The summed E-state index contributed by atoms with van der Waals surface area (Å²) < 4.78 is 77.3. The molecule has 0 radical (unpaired) electrons. The lowest BCUT2D eigenvalue weighted by Gasteiger charge is -2.43. The summed E-state index contributed by atoms with van der Waals surface area (Å²) in [6.07, 6.45) is 13.5. The second-order valence-electron chi connectivity index (χ2n) is 18.8. The molecule has 18 heteroatoms. The first kappa shape index (κ1) is 61.6. The van der Waals surface area contributed by atoms with Crippen LogP contribution in [0.25, 0.3) is 0 Å². The van der Waals surface area contributed by atoms with E-state index in [2.05, 4.69) is 72.0 Å². The second kappa shape index (κ2) is 38.6. The van der Waals surface area contributed by atoms with E-state index < -0.39 is 42.3 Å². The Morgan fingerprint density at radius 2 is 0.492 bits per heavy atom. The second-order valence-corrected chi connectivity index (χ2v) is 38.9. The average molecular weight is 964 g/mol.